The molecule has 12 heavy (non-hydrogen) atoms. The zero-order chi connectivity index (χ0) is 9.98. The number of allylic oxidation sites excluding steroid dienone is 3. The fraction of sp³-hybridized carbons (Fsp3) is 0.444. The maximum atomic E-state index is 3.94. The first-order valence-corrected chi connectivity index (χ1v) is 4.54. The standard InChI is InChI=1S/C8H14N2.CH4S/c1-5-6-7(2)10-8(3)9-4;1-2/h5-6H,1H2,2-4H3,(H,9,10);2H,1H3/b7-6+;. The molecule has 0 aliphatic rings. The molecule has 0 aliphatic heterocycles. The van der Waals surface area contributed by atoms with Crippen molar-refractivity contribution in [3.8, 4) is 0 Å². The summed E-state index contributed by atoms with van der Waals surface area (Å²) in [6.07, 6.45) is 5.33. The van der Waals surface area contributed by atoms with E-state index in [0.717, 1.165) is 11.5 Å². The number of amidine groups is 1. The summed E-state index contributed by atoms with van der Waals surface area (Å²) in [6, 6.07) is 0. The normalized spacial score (nSPS) is 11.4. The molecule has 70 valence electrons. The molecule has 0 saturated heterocycles. The van der Waals surface area contributed by atoms with Gasteiger partial charge in [0.25, 0.3) is 0 Å². The molecular weight excluding hydrogens is 168 g/mol. The number of nitrogens with zero attached hydrogens (tertiary/aromatic N) is 1. The fourth-order valence-corrected chi connectivity index (χ4v) is 0.560. The Kier molecular flexibility index (Phi) is 11.9. The molecular formula is C9H18N2S. The van der Waals surface area contributed by atoms with E-state index in [1.165, 1.54) is 0 Å². The summed E-state index contributed by atoms with van der Waals surface area (Å²) in [6.45, 7) is 7.46. The highest BCUT2D eigenvalue weighted by Gasteiger charge is 1.86. The molecule has 0 radical (unpaired) electrons. The van der Waals surface area contributed by atoms with Crippen molar-refractivity contribution >= 4 is 18.5 Å². The van der Waals surface area contributed by atoms with E-state index in [-0.39, 0.29) is 0 Å². The molecule has 3 heteroatoms. The SMILES string of the molecule is C=C/C=C(\C)NC(C)=NC.CS. The average Bonchev–Trinajstić information content (AvgIpc) is 2.08. The summed E-state index contributed by atoms with van der Waals surface area (Å²) in [7, 11) is 1.75. The molecule has 0 aromatic heterocycles. The quantitative estimate of drug-likeness (QED) is 0.294. The minimum Gasteiger partial charge on any atom is -0.348 e. The maximum Gasteiger partial charge on any atom is 0.0969 e. The number of aliphatic imine (C=N–C) groups is 1. The zero-order valence-corrected chi connectivity index (χ0v) is 9.15. The lowest BCUT2D eigenvalue weighted by atomic mass is 10.4. The van der Waals surface area contributed by atoms with Gasteiger partial charge in [-0.25, -0.2) is 0 Å². The van der Waals surface area contributed by atoms with Crippen LogP contribution in [0.2, 0.25) is 0 Å². The molecule has 1 N–H and O–H groups in total. The Bertz CT molecular complexity index is 171. The van der Waals surface area contributed by atoms with E-state index in [9.17, 15) is 0 Å². The Labute approximate surface area is 80.9 Å². The zero-order valence-electron chi connectivity index (χ0n) is 8.26. The van der Waals surface area contributed by atoms with Gasteiger partial charge in [-0.3, -0.25) is 4.99 Å². The average molecular weight is 186 g/mol. The lowest BCUT2D eigenvalue weighted by Crippen LogP contribution is -2.17. The van der Waals surface area contributed by atoms with Crippen LogP contribution in [0.25, 0.3) is 0 Å². The van der Waals surface area contributed by atoms with Crippen LogP contribution in [0.3, 0.4) is 0 Å². The first kappa shape index (κ1) is 13.9. The van der Waals surface area contributed by atoms with Crippen LogP contribution in [0, 0.1) is 0 Å². The van der Waals surface area contributed by atoms with Crippen LogP contribution in [0.15, 0.2) is 29.4 Å². The second-order valence-corrected chi connectivity index (χ2v) is 2.02. The summed E-state index contributed by atoms with van der Waals surface area (Å²) in [5, 5.41) is 3.07. The Morgan fingerprint density at radius 2 is 1.92 bits per heavy atom. The van der Waals surface area contributed by atoms with E-state index in [1.807, 2.05) is 19.9 Å². The monoisotopic (exact) mass is 186 g/mol. The number of nitrogens with one attached hydrogen (secondary N) is 1. The topological polar surface area (TPSA) is 24.4 Å². The third-order valence-corrected chi connectivity index (χ3v) is 1.08. The van der Waals surface area contributed by atoms with Crippen LogP contribution >= 0.6 is 12.6 Å². The minimum absolute atomic E-state index is 0.913. The molecule has 0 fully saturated rings. The van der Waals surface area contributed by atoms with Gasteiger partial charge in [0, 0.05) is 12.7 Å². The van der Waals surface area contributed by atoms with Crippen molar-refractivity contribution in [2.75, 3.05) is 13.3 Å². The van der Waals surface area contributed by atoms with Gasteiger partial charge in [-0.05, 0) is 26.2 Å². The van der Waals surface area contributed by atoms with Crippen molar-refractivity contribution in [3.63, 3.8) is 0 Å². The van der Waals surface area contributed by atoms with Gasteiger partial charge in [0.2, 0.25) is 0 Å². The summed E-state index contributed by atoms with van der Waals surface area (Å²) < 4.78 is 0. The molecule has 0 aliphatic carbocycles. The largest absolute Gasteiger partial charge is 0.348 e. The van der Waals surface area contributed by atoms with Crippen molar-refractivity contribution in [1.82, 2.24) is 5.32 Å². The number of rotatable bonds is 2. The van der Waals surface area contributed by atoms with Crippen molar-refractivity contribution in [2.45, 2.75) is 13.8 Å². The van der Waals surface area contributed by atoms with Crippen LogP contribution < -0.4 is 5.32 Å². The van der Waals surface area contributed by atoms with Crippen molar-refractivity contribution in [3.05, 3.63) is 24.4 Å². The second-order valence-electron chi connectivity index (χ2n) is 2.02. The van der Waals surface area contributed by atoms with E-state index >= 15 is 0 Å². The molecule has 0 bridgehead atoms. The number of hydrogen-bond acceptors (Lipinski definition) is 2. The lowest BCUT2D eigenvalue weighted by molar-refractivity contribution is 1.09. The molecule has 0 aromatic carbocycles. The Balaban J connectivity index is 0. The molecule has 0 atom stereocenters. The predicted octanol–water partition coefficient (Wildman–Crippen LogP) is 2.26. The Hall–Kier alpha value is -0.700. The molecule has 0 unspecified atom stereocenters. The highest BCUT2D eigenvalue weighted by atomic mass is 32.1. The van der Waals surface area contributed by atoms with E-state index in [1.54, 1.807) is 19.4 Å². The fourth-order valence-electron chi connectivity index (χ4n) is 0.560. The summed E-state index contributed by atoms with van der Waals surface area (Å²) >= 11 is 3.53. The van der Waals surface area contributed by atoms with Gasteiger partial charge in [-0.15, -0.1) is 0 Å². The van der Waals surface area contributed by atoms with Gasteiger partial charge >= 0.3 is 0 Å². The van der Waals surface area contributed by atoms with Crippen molar-refractivity contribution in [1.29, 1.82) is 0 Å². The van der Waals surface area contributed by atoms with Gasteiger partial charge in [-0.1, -0.05) is 12.7 Å². The Morgan fingerprint density at radius 3 is 2.25 bits per heavy atom. The van der Waals surface area contributed by atoms with Gasteiger partial charge in [-0.2, -0.15) is 12.6 Å². The minimum atomic E-state index is 0.913. The van der Waals surface area contributed by atoms with Crippen LogP contribution in [0.1, 0.15) is 13.8 Å². The first-order valence-electron chi connectivity index (χ1n) is 3.65. The number of hydrogen-bond donors (Lipinski definition) is 2. The maximum absolute atomic E-state index is 3.94. The molecule has 0 rings (SSSR count). The third-order valence-electron chi connectivity index (χ3n) is 1.08. The third kappa shape index (κ3) is 9.30. The van der Waals surface area contributed by atoms with Crippen LogP contribution in [-0.2, 0) is 0 Å². The summed E-state index contributed by atoms with van der Waals surface area (Å²) in [4.78, 5) is 3.94. The van der Waals surface area contributed by atoms with E-state index in [0.29, 0.717) is 0 Å². The lowest BCUT2D eigenvalue weighted by Gasteiger charge is -2.02. The van der Waals surface area contributed by atoms with Crippen molar-refractivity contribution in [2.24, 2.45) is 4.99 Å². The number of thiol groups is 1. The summed E-state index contributed by atoms with van der Waals surface area (Å²) in [5.41, 5.74) is 1.05. The predicted molar refractivity (Wildman–Crippen MR) is 61.0 cm³/mol. The first-order chi connectivity index (χ1) is 5.70. The second kappa shape index (κ2) is 10.3. The molecule has 0 saturated carbocycles. The van der Waals surface area contributed by atoms with Gasteiger partial charge in [0.05, 0.1) is 5.84 Å². The van der Waals surface area contributed by atoms with Crippen LogP contribution in [0.4, 0.5) is 0 Å². The van der Waals surface area contributed by atoms with Crippen molar-refractivity contribution < 1.29 is 0 Å². The van der Waals surface area contributed by atoms with Crippen LogP contribution in [0.5, 0.6) is 0 Å². The molecule has 0 spiro atoms. The highest BCUT2D eigenvalue weighted by molar-refractivity contribution is 7.79. The molecule has 0 heterocycles. The Morgan fingerprint density at radius 1 is 1.42 bits per heavy atom. The molecule has 0 amide bonds. The smallest absolute Gasteiger partial charge is 0.0969 e. The molecule has 0 aromatic rings. The van der Waals surface area contributed by atoms with E-state index < -0.39 is 0 Å². The highest BCUT2D eigenvalue weighted by Crippen LogP contribution is 1.86. The van der Waals surface area contributed by atoms with E-state index in [4.69, 9.17) is 0 Å². The van der Waals surface area contributed by atoms with Crippen LogP contribution in [-0.4, -0.2) is 19.1 Å². The van der Waals surface area contributed by atoms with E-state index in [2.05, 4.69) is 29.5 Å². The molecule has 2 nitrogen and oxygen atoms in total. The van der Waals surface area contributed by atoms with Gasteiger partial charge in [0.15, 0.2) is 0 Å². The van der Waals surface area contributed by atoms with Gasteiger partial charge < -0.3 is 5.32 Å². The van der Waals surface area contributed by atoms with Gasteiger partial charge in [0.1, 0.15) is 0 Å². The summed E-state index contributed by atoms with van der Waals surface area (Å²) in [5.74, 6) is 0.913.